The number of benzene rings is 1. The highest BCUT2D eigenvalue weighted by molar-refractivity contribution is 7.15. The van der Waals surface area contributed by atoms with Crippen molar-refractivity contribution in [1.29, 1.82) is 0 Å². The molecule has 4 aromatic rings. The van der Waals surface area contributed by atoms with E-state index < -0.39 is 0 Å². The van der Waals surface area contributed by atoms with E-state index in [2.05, 4.69) is 33.9 Å². The molecule has 1 N–H and O–H groups in total. The monoisotopic (exact) mass is 415 g/mol. The van der Waals surface area contributed by atoms with Gasteiger partial charge in [-0.05, 0) is 19.1 Å². The van der Waals surface area contributed by atoms with Crippen LogP contribution in [0.2, 0.25) is 0 Å². The lowest BCUT2D eigenvalue weighted by molar-refractivity contribution is 0.243. The Labute approximate surface area is 178 Å². The molecule has 0 atom stereocenters. The van der Waals surface area contributed by atoms with Crippen LogP contribution in [0.4, 0.5) is 0 Å². The molecular formula is C23H21N5OS. The summed E-state index contributed by atoms with van der Waals surface area (Å²) in [6.07, 6.45) is 4.19. The molecule has 1 aliphatic heterocycles. The number of rotatable bonds is 4. The Balaban J connectivity index is 1.37. The average Bonchev–Trinajstić information content (AvgIpc) is 3.15. The molecular weight excluding hydrogens is 394 g/mol. The van der Waals surface area contributed by atoms with Crippen molar-refractivity contribution >= 4 is 11.3 Å². The summed E-state index contributed by atoms with van der Waals surface area (Å²) in [5.41, 5.74) is 4.62. The zero-order chi connectivity index (χ0) is 20.5. The van der Waals surface area contributed by atoms with Crippen molar-refractivity contribution in [2.45, 2.75) is 26.4 Å². The van der Waals surface area contributed by atoms with E-state index >= 15 is 0 Å². The minimum atomic E-state index is -0.0606. The third-order valence-electron chi connectivity index (χ3n) is 5.36. The van der Waals surface area contributed by atoms with Gasteiger partial charge in [0.15, 0.2) is 0 Å². The van der Waals surface area contributed by atoms with Gasteiger partial charge in [-0.15, -0.1) is 11.3 Å². The fourth-order valence-electron chi connectivity index (χ4n) is 3.74. The molecule has 7 heteroatoms. The lowest BCUT2D eigenvalue weighted by Gasteiger charge is -2.27. The lowest BCUT2D eigenvalue weighted by Crippen LogP contribution is -2.35. The second kappa shape index (κ2) is 7.93. The van der Waals surface area contributed by atoms with E-state index in [9.17, 15) is 4.79 Å². The third-order valence-corrected chi connectivity index (χ3v) is 6.55. The number of thiazole rings is 1. The summed E-state index contributed by atoms with van der Waals surface area (Å²) in [5.74, 6) is 0.589. The molecule has 6 nitrogen and oxygen atoms in total. The van der Waals surface area contributed by atoms with Gasteiger partial charge in [0.2, 0.25) is 0 Å². The summed E-state index contributed by atoms with van der Waals surface area (Å²) in [5, 5.41) is 1.04. The molecule has 0 unspecified atom stereocenters. The van der Waals surface area contributed by atoms with E-state index in [1.54, 1.807) is 23.7 Å². The number of nitrogens with one attached hydrogen (secondary N) is 1. The number of pyridine rings is 1. The first-order valence-electron chi connectivity index (χ1n) is 9.94. The average molecular weight is 416 g/mol. The van der Waals surface area contributed by atoms with Crippen LogP contribution in [-0.2, 0) is 19.5 Å². The molecule has 0 radical (unpaired) electrons. The number of hydrogen-bond acceptors (Lipinski definition) is 6. The molecule has 0 bridgehead atoms. The normalized spacial score (nSPS) is 13.9. The Morgan fingerprint density at radius 1 is 1.10 bits per heavy atom. The molecule has 0 aliphatic carbocycles. The van der Waals surface area contributed by atoms with Crippen LogP contribution in [0, 0.1) is 6.92 Å². The maximum absolute atomic E-state index is 12.8. The van der Waals surface area contributed by atoms with Crippen molar-refractivity contribution < 1.29 is 0 Å². The topological polar surface area (TPSA) is 74.8 Å². The number of aromatic nitrogens is 4. The van der Waals surface area contributed by atoms with Crippen LogP contribution in [0.1, 0.15) is 21.8 Å². The molecule has 0 fully saturated rings. The van der Waals surface area contributed by atoms with E-state index in [-0.39, 0.29) is 5.56 Å². The van der Waals surface area contributed by atoms with Crippen molar-refractivity contribution in [3.8, 4) is 22.0 Å². The highest BCUT2D eigenvalue weighted by Crippen LogP contribution is 2.29. The summed E-state index contributed by atoms with van der Waals surface area (Å²) in [7, 11) is 0. The predicted molar refractivity (Wildman–Crippen MR) is 118 cm³/mol. The Morgan fingerprint density at radius 3 is 2.73 bits per heavy atom. The minimum Gasteiger partial charge on any atom is -0.306 e. The van der Waals surface area contributed by atoms with Crippen molar-refractivity contribution in [3.05, 3.63) is 87.0 Å². The van der Waals surface area contributed by atoms with Crippen LogP contribution in [0.5, 0.6) is 0 Å². The van der Waals surface area contributed by atoms with E-state index in [0.717, 1.165) is 52.6 Å². The van der Waals surface area contributed by atoms with Crippen LogP contribution in [0.25, 0.3) is 22.0 Å². The zero-order valence-electron chi connectivity index (χ0n) is 16.6. The minimum absolute atomic E-state index is 0.0606. The van der Waals surface area contributed by atoms with Gasteiger partial charge in [-0.3, -0.25) is 14.7 Å². The molecule has 0 amide bonds. The van der Waals surface area contributed by atoms with Gasteiger partial charge in [0, 0.05) is 54.5 Å². The second-order valence-electron chi connectivity index (χ2n) is 7.44. The van der Waals surface area contributed by atoms with E-state index in [4.69, 9.17) is 9.97 Å². The molecule has 1 aliphatic rings. The first-order chi connectivity index (χ1) is 14.7. The number of H-pyrrole nitrogens is 1. The molecule has 3 aromatic heterocycles. The molecule has 30 heavy (non-hydrogen) atoms. The summed E-state index contributed by atoms with van der Waals surface area (Å²) in [6.45, 7) is 4.32. The van der Waals surface area contributed by atoms with Gasteiger partial charge >= 0.3 is 0 Å². The fraction of sp³-hybridized carbons (Fsp3) is 0.217. The van der Waals surface area contributed by atoms with Gasteiger partial charge in [0.1, 0.15) is 10.8 Å². The van der Waals surface area contributed by atoms with Gasteiger partial charge < -0.3 is 4.98 Å². The highest BCUT2D eigenvalue weighted by Gasteiger charge is 2.23. The van der Waals surface area contributed by atoms with Gasteiger partial charge in [-0.2, -0.15) is 0 Å². The van der Waals surface area contributed by atoms with Gasteiger partial charge in [0.05, 0.1) is 17.0 Å². The third kappa shape index (κ3) is 3.69. The van der Waals surface area contributed by atoms with Crippen molar-refractivity contribution in [2.24, 2.45) is 0 Å². The number of aromatic amines is 1. The predicted octanol–water partition coefficient (Wildman–Crippen LogP) is 3.82. The van der Waals surface area contributed by atoms with Crippen LogP contribution in [0.3, 0.4) is 0 Å². The van der Waals surface area contributed by atoms with Crippen LogP contribution in [-0.4, -0.2) is 31.4 Å². The largest absolute Gasteiger partial charge is 0.306 e. The van der Waals surface area contributed by atoms with E-state index in [0.29, 0.717) is 12.4 Å². The maximum atomic E-state index is 12.8. The Bertz CT molecular complexity index is 1230. The van der Waals surface area contributed by atoms with Gasteiger partial charge in [-0.25, -0.2) is 9.97 Å². The number of hydrogen-bond donors (Lipinski definition) is 1. The van der Waals surface area contributed by atoms with Gasteiger partial charge in [-0.1, -0.05) is 30.3 Å². The van der Waals surface area contributed by atoms with Crippen molar-refractivity contribution in [1.82, 2.24) is 24.8 Å². The smallest absolute Gasteiger partial charge is 0.255 e. The second-order valence-corrected chi connectivity index (χ2v) is 8.52. The standard InChI is InChI=1S/C23H21N5OS/c1-15-20(30-23(25-15)16-6-3-2-4-7-16)14-28-11-9-19-18(13-28)22(29)27-21(26-19)17-8-5-10-24-12-17/h2-8,10,12H,9,11,13-14H2,1H3,(H,26,27,29). The SMILES string of the molecule is Cc1nc(-c2ccccc2)sc1CN1CCc2nc(-c3cccnc3)[nH]c(=O)c2C1. The molecule has 0 saturated carbocycles. The van der Waals surface area contributed by atoms with Crippen LogP contribution >= 0.6 is 11.3 Å². The summed E-state index contributed by atoms with van der Waals surface area (Å²) in [4.78, 5) is 32.8. The molecule has 150 valence electrons. The van der Waals surface area contributed by atoms with Crippen LogP contribution < -0.4 is 5.56 Å². The molecule has 5 rings (SSSR count). The number of aryl methyl sites for hydroxylation is 1. The van der Waals surface area contributed by atoms with Crippen LogP contribution in [0.15, 0.2) is 59.7 Å². The zero-order valence-corrected chi connectivity index (χ0v) is 17.4. The van der Waals surface area contributed by atoms with Crippen molar-refractivity contribution in [2.75, 3.05) is 6.54 Å². The Kier molecular flexibility index (Phi) is 4.98. The van der Waals surface area contributed by atoms with Gasteiger partial charge in [0.25, 0.3) is 5.56 Å². The molecule has 0 spiro atoms. The quantitative estimate of drug-likeness (QED) is 0.548. The molecule has 4 heterocycles. The fourth-order valence-corrected chi connectivity index (χ4v) is 4.85. The Hall–Kier alpha value is -3.16. The highest BCUT2D eigenvalue weighted by atomic mass is 32.1. The molecule has 0 saturated heterocycles. The first kappa shape index (κ1) is 18.8. The number of fused-ring (bicyclic) bond motifs is 1. The van der Waals surface area contributed by atoms with Crippen molar-refractivity contribution in [3.63, 3.8) is 0 Å². The Morgan fingerprint density at radius 2 is 1.93 bits per heavy atom. The number of nitrogens with zero attached hydrogens (tertiary/aromatic N) is 4. The lowest BCUT2D eigenvalue weighted by atomic mass is 10.1. The van der Waals surface area contributed by atoms with E-state index in [1.807, 2.05) is 30.3 Å². The summed E-state index contributed by atoms with van der Waals surface area (Å²) in [6, 6.07) is 14.0. The first-order valence-corrected chi connectivity index (χ1v) is 10.8. The van der Waals surface area contributed by atoms with E-state index in [1.165, 1.54) is 4.88 Å². The maximum Gasteiger partial charge on any atom is 0.255 e. The molecule has 1 aromatic carbocycles. The summed E-state index contributed by atoms with van der Waals surface area (Å²) < 4.78 is 0. The summed E-state index contributed by atoms with van der Waals surface area (Å²) >= 11 is 1.73.